The van der Waals surface area contributed by atoms with Gasteiger partial charge >= 0.3 is 0 Å². The van der Waals surface area contributed by atoms with Crippen molar-refractivity contribution in [1.82, 2.24) is 0 Å². The van der Waals surface area contributed by atoms with Crippen LogP contribution in [0.15, 0.2) is 23.4 Å². The number of hydrogen-bond donors (Lipinski definition) is 2. The molecule has 1 aromatic rings. The van der Waals surface area contributed by atoms with Crippen LogP contribution < -0.4 is 10.6 Å². The van der Waals surface area contributed by atoms with E-state index >= 15 is 0 Å². The van der Waals surface area contributed by atoms with Crippen LogP contribution in [0, 0.1) is 6.92 Å². The van der Waals surface area contributed by atoms with Gasteiger partial charge in [0.1, 0.15) is 0 Å². The number of nitrogens with two attached hydrogens (primary N) is 1. The van der Waals surface area contributed by atoms with Gasteiger partial charge in [-0.15, -0.1) is 0 Å². The first-order valence-corrected chi connectivity index (χ1v) is 7.02. The summed E-state index contributed by atoms with van der Waals surface area (Å²) in [6.45, 7) is 5.26. The lowest BCUT2D eigenvalue weighted by Crippen LogP contribution is -2.29. The predicted octanol–water partition coefficient (Wildman–Crippen LogP) is 2.86. The van der Waals surface area contributed by atoms with Gasteiger partial charge < -0.3 is 15.8 Å². The SMILES string of the molecule is CCCCN(c1ccc(C)cc1/C(N)=N/O)C1CC1. The third-order valence-electron chi connectivity index (χ3n) is 3.59. The van der Waals surface area contributed by atoms with Crippen molar-refractivity contribution in [3.8, 4) is 0 Å². The molecule has 0 unspecified atom stereocenters. The molecule has 0 amide bonds. The summed E-state index contributed by atoms with van der Waals surface area (Å²) in [5, 5.41) is 12.1. The van der Waals surface area contributed by atoms with Crippen LogP contribution in [0.25, 0.3) is 0 Å². The van der Waals surface area contributed by atoms with Crippen molar-refractivity contribution >= 4 is 11.5 Å². The first-order valence-electron chi connectivity index (χ1n) is 7.02. The van der Waals surface area contributed by atoms with Gasteiger partial charge in [0, 0.05) is 23.8 Å². The highest BCUT2D eigenvalue weighted by molar-refractivity contribution is 6.02. The number of unbranched alkanes of at least 4 members (excludes halogenated alkanes) is 1. The second-order valence-corrected chi connectivity index (χ2v) is 5.28. The van der Waals surface area contributed by atoms with E-state index in [4.69, 9.17) is 10.9 Å². The molecule has 0 saturated heterocycles. The summed E-state index contributed by atoms with van der Waals surface area (Å²) in [6, 6.07) is 6.80. The van der Waals surface area contributed by atoms with Crippen molar-refractivity contribution in [2.45, 2.75) is 45.6 Å². The molecule has 1 aliphatic rings. The molecule has 0 heterocycles. The van der Waals surface area contributed by atoms with Gasteiger partial charge in [-0.2, -0.15) is 0 Å². The number of rotatable bonds is 6. The van der Waals surface area contributed by atoms with Crippen LogP contribution in [-0.2, 0) is 0 Å². The Morgan fingerprint density at radius 1 is 1.47 bits per heavy atom. The highest BCUT2D eigenvalue weighted by Gasteiger charge is 2.30. The maximum absolute atomic E-state index is 8.96. The predicted molar refractivity (Wildman–Crippen MR) is 79.0 cm³/mol. The number of amidine groups is 1. The van der Waals surface area contributed by atoms with Gasteiger partial charge in [0.05, 0.1) is 0 Å². The first-order chi connectivity index (χ1) is 9.17. The van der Waals surface area contributed by atoms with Gasteiger partial charge in [-0.25, -0.2) is 0 Å². The summed E-state index contributed by atoms with van der Waals surface area (Å²) in [4.78, 5) is 2.41. The van der Waals surface area contributed by atoms with Gasteiger partial charge in [0.2, 0.25) is 0 Å². The second-order valence-electron chi connectivity index (χ2n) is 5.28. The minimum Gasteiger partial charge on any atom is -0.409 e. The van der Waals surface area contributed by atoms with Crippen LogP contribution in [0.2, 0.25) is 0 Å². The Kier molecular flexibility index (Phi) is 4.30. The van der Waals surface area contributed by atoms with E-state index in [1.165, 1.54) is 25.7 Å². The van der Waals surface area contributed by atoms with Gasteiger partial charge in [-0.3, -0.25) is 0 Å². The summed E-state index contributed by atoms with van der Waals surface area (Å²) in [6.07, 6.45) is 4.83. The van der Waals surface area contributed by atoms with Crippen molar-refractivity contribution in [1.29, 1.82) is 0 Å². The number of benzene rings is 1. The van der Waals surface area contributed by atoms with Crippen molar-refractivity contribution in [2.24, 2.45) is 10.9 Å². The van der Waals surface area contributed by atoms with Crippen molar-refractivity contribution in [3.05, 3.63) is 29.3 Å². The van der Waals surface area contributed by atoms with Crippen LogP contribution in [0.4, 0.5) is 5.69 Å². The van der Waals surface area contributed by atoms with E-state index in [1.807, 2.05) is 13.0 Å². The van der Waals surface area contributed by atoms with Crippen LogP contribution >= 0.6 is 0 Å². The molecular weight excluding hydrogens is 238 g/mol. The second kappa shape index (κ2) is 5.95. The molecule has 4 nitrogen and oxygen atoms in total. The lowest BCUT2D eigenvalue weighted by Gasteiger charge is -2.27. The smallest absolute Gasteiger partial charge is 0.172 e. The van der Waals surface area contributed by atoms with Crippen molar-refractivity contribution in [3.63, 3.8) is 0 Å². The average molecular weight is 261 g/mol. The summed E-state index contributed by atoms with van der Waals surface area (Å²) in [5.74, 6) is 0.195. The third-order valence-corrected chi connectivity index (χ3v) is 3.59. The molecule has 0 radical (unpaired) electrons. The van der Waals surface area contributed by atoms with E-state index in [1.54, 1.807) is 0 Å². The maximum atomic E-state index is 8.96. The monoisotopic (exact) mass is 261 g/mol. The summed E-state index contributed by atoms with van der Waals surface area (Å²) in [5.41, 5.74) is 8.88. The molecule has 1 aromatic carbocycles. The number of oxime groups is 1. The van der Waals surface area contributed by atoms with E-state index in [2.05, 4.69) is 29.1 Å². The van der Waals surface area contributed by atoms with E-state index in [0.717, 1.165) is 23.4 Å². The average Bonchev–Trinajstić information content (AvgIpc) is 3.24. The molecule has 19 heavy (non-hydrogen) atoms. The van der Waals surface area contributed by atoms with E-state index in [-0.39, 0.29) is 5.84 Å². The Labute approximate surface area is 114 Å². The van der Waals surface area contributed by atoms with Crippen molar-refractivity contribution < 1.29 is 5.21 Å². The van der Waals surface area contributed by atoms with Gasteiger partial charge in [0.15, 0.2) is 5.84 Å². The molecule has 104 valence electrons. The van der Waals surface area contributed by atoms with Crippen LogP contribution in [0.3, 0.4) is 0 Å². The zero-order valence-electron chi connectivity index (χ0n) is 11.8. The quantitative estimate of drug-likeness (QED) is 0.358. The molecule has 1 saturated carbocycles. The molecule has 4 heteroatoms. The Balaban J connectivity index is 2.35. The van der Waals surface area contributed by atoms with Gasteiger partial charge in [-0.1, -0.05) is 30.1 Å². The van der Waals surface area contributed by atoms with Crippen molar-refractivity contribution in [2.75, 3.05) is 11.4 Å². The van der Waals surface area contributed by atoms with Crippen LogP contribution in [0.1, 0.15) is 43.7 Å². The standard InChI is InChI=1S/C15H23N3O/c1-3-4-9-18(12-6-7-12)14-8-5-11(2)10-13(14)15(16)17-19/h5,8,10,12,19H,3-4,6-7,9H2,1-2H3,(H2,16,17). The molecule has 2 rings (SSSR count). The minimum absolute atomic E-state index is 0.195. The number of aryl methyl sites for hydroxylation is 1. The highest BCUT2D eigenvalue weighted by atomic mass is 16.4. The summed E-state index contributed by atoms with van der Waals surface area (Å²) < 4.78 is 0. The Hall–Kier alpha value is -1.71. The fourth-order valence-corrected chi connectivity index (χ4v) is 2.37. The fourth-order valence-electron chi connectivity index (χ4n) is 2.37. The zero-order chi connectivity index (χ0) is 13.8. The summed E-state index contributed by atoms with van der Waals surface area (Å²) >= 11 is 0. The summed E-state index contributed by atoms with van der Waals surface area (Å²) in [7, 11) is 0. The van der Waals surface area contributed by atoms with E-state index < -0.39 is 0 Å². The lowest BCUT2D eigenvalue weighted by atomic mass is 10.1. The number of nitrogens with zero attached hydrogens (tertiary/aromatic N) is 2. The lowest BCUT2D eigenvalue weighted by molar-refractivity contribution is 0.318. The highest BCUT2D eigenvalue weighted by Crippen LogP contribution is 2.34. The molecule has 3 N–H and O–H groups in total. The molecule has 0 spiro atoms. The number of anilines is 1. The zero-order valence-corrected chi connectivity index (χ0v) is 11.8. The molecule has 0 bridgehead atoms. The molecule has 0 atom stereocenters. The largest absolute Gasteiger partial charge is 0.409 e. The fraction of sp³-hybridized carbons (Fsp3) is 0.533. The van der Waals surface area contributed by atoms with E-state index in [9.17, 15) is 0 Å². The Bertz CT molecular complexity index is 466. The van der Waals surface area contributed by atoms with Gasteiger partial charge in [0.25, 0.3) is 0 Å². The normalized spacial score (nSPS) is 15.6. The third kappa shape index (κ3) is 3.19. The minimum atomic E-state index is 0.195. The molecular formula is C15H23N3O. The molecule has 1 aliphatic carbocycles. The first kappa shape index (κ1) is 13.7. The topological polar surface area (TPSA) is 61.8 Å². The maximum Gasteiger partial charge on any atom is 0.172 e. The number of hydrogen-bond acceptors (Lipinski definition) is 3. The Morgan fingerprint density at radius 3 is 2.79 bits per heavy atom. The Morgan fingerprint density at radius 2 is 2.21 bits per heavy atom. The van der Waals surface area contributed by atoms with E-state index in [0.29, 0.717) is 6.04 Å². The van der Waals surface area contributed by atoms with Crippen LogP contribution in [0.5, 0.6) is 0 Å². The van der Waals surface area contributed by atoms with Gasteiger partial charge in [-0.05, 0) is 38.3 Å². The molecule has 1 fully saturated rings. The van der Waals surface area contributed by atoms with Crippen LogP contribution in [-0.4, -0.2) is 23.6 Å². The molecule has 0 aliphatic heterocycles. The molecule has 0 aromatic heterocycles.